The number of rotatable bonds is 3. The molecule has 0 aromatic heterocycles. The molecule has 0 radical (unpaired) electrons. The largest absolute Gasteiger partial charge is 0.329 e. The van der Waals surface area contributed by atoms with Gasteiger partial charge in [-0.25, -0.2) is 0 Å². The maximum absolute atomic E-state index is 5.94. The van der Waals surface area contributed by atoms with E-state index in [9.17, 15) is 0 Å². The summed E-state index contributed by atoms with van der Waals surface area (Å²) in [7, 11) is 0. The maximum Gasteiger partial charge on any atom is 0.0246 e. The highest BCUT2D eigenvalue weighted by Crippen LogP contribution is 2.36. The molecule has 1 unspecified atom stereocenters. The zero-order valence-corrected chi connectivity index (χ0v) is 10.3. The van der Waals surface area contributed by atoms with E-state index in [4.69, 9.17) is 5.73 Å². The molecule has 1 aliphatic carbocycles. The summed E-state index contributed by atoms with van der Waals surface area (Å²) in [6.07, 6.45) is 6.95. The zero-order valence-electron chi connectivity index (χ0n) is 10.3. The van der Waals surface area contributed by atoms with Gasteiger partial charge in [-0.1, -0.05) is 20.3 Å². The van der Waals surface area contributed by atoms with Crippen molar-refractivity contribution < 1.29 is 0 Å². The Bertz CT molecular complexity index is 199. The second-order valence-electron chi connectivity index (χ2n) is 6.19. The van der Waals surface area contributed by atoms with E-state index >= 15 is 0 Å². The van der Waals surface area contributed by atoms with E-state index in [1.54, 1.807) is 0 Å². The van der Waals surface area contributed by atoms with E-state index < -0.39 is 0 Å². The van der Waals surface area contributed by atoms with Crippen molar-refractivity contribution in [3.63, 3.8) is 0 Å². The quantitative estimate of drug-likeness (QED) is 0.774. The number of hydrogen-bond acceptors (Lipinski definition) is 2. The van der Waals surface area contributed by atoms with Gasteiger partial charge >= 0.3 is 0 Å². The van der Waals surface area contributed by atoms with Gasteiger partial charge < -0.3 is 5.73 Å². The summed E-state index contributed by atoms with van der Waals surface area (Å²) >= 11 is 0. The molecule has 1 atom stereocenters. The number of nitrogens with zero attached hydrogens (tertiary/aromatic N) is 1. The minimum atomic E-state index is 0.565. The van der Waals surface area contributed by atoms with E-state index in [0.29, 0.717) is 11.5 Å². The molecule has 2 rings (SSSR count). The van der Waals surface area contributed by atoms with Crippen molar-refractivity contribution in [3.05, 3.63) is 0 Å². The molecule has 0 amide bonds. The molecule has 15 heavy (non-hydrogen) atoms. The third-order valence-corrected chi connectivity index (χ3v) is 4.56. The molecular weight excluding hydrogens is 184 g/mol. The SMILES string of the molecule is CC1(C)CCN(C(CN)C2CCC2)CC1. The van der Waals surface area contributed by atoms with E-state index in [1.807, 2.05) is 0 Å². The zero-order chi connectivity index (χ0) is 10.9. The van der Waals surface area contributed by atoms with Crippen LogP contribution in [0.5, 0.6) is 0 Å². The van der Waals surface area contributed by atoms with Gasteiger partial charge in [0.1, 0.15) is 0 Å². The molecular formula is C13H26N2. The number of piperidine rings is 1. The first kappa shape index (κ1) is 11.4. The lowest BCUT2D eigenvalue weighted by Gasteiger charge is -2.45. The predicted octanol–water partition coefficient (Wildman–Crippen LogP) is 2.24. The molecule has 2 fully saturated rings. The Morgan fingerprint density at radius 2 is 1.87 bits per heavy atom. The summed E-state index contributed by atoms with van der Waals surface area (Å²) in [5, 5.41) is 0. The Kier molecular flexibility index (Phi) is 3.36. The van der Waals surface area contributed by atoms with E-state index in [0.717, 1.165) is 12.5 Å². The van der Waals surface area contributed by atoms with Crippen molar-refractivity contribution in [2.24, 2.45) is 17.1 Å². The molecule has 0 bridgehead atoms. The third-order valence-electron chi connectivity index (χ3n) is 4.56. The van der Waals surface area contributed by atoms with Gasteiger partial charge in [-0.2, -0.15) is 0 Å². The molecule has 0 aromatic rings. The Morgan fingerprint density at radius 3 is 2.27 bits per heavy atom. The standard InChI is InChI=1S/C13H26N2/c1-13(2)6-8-15(9-7-13)12(10-14)11-4-3-5-11/h11-12H,3-10,14H2,1-2H3. The molecule has 88 valence electrons. The molecule has 2 nitrogen and oxygen atoms in total. The lowest BCUT2D eigenvalue weighted by molar-refractivity contribution is 0.0470. The van der Waals surface area contributed by atoms with E-state index in [2.05, 4.69) is 18.7 Å². The van der Waals surface area contributed by atoms with Gasteiger partial charge in [0, 0.05) is 12.6 Å². The van der Waals surface area contributed by atoms with Crippen LogP contribution in [0.4, 0.5) is 0 Å². The summed E-state index contributed by atoms with van der Waals surface area (Å²) in [4.78, 5) is 2.66. The molecule has 1 saturated heterocycles. The summed E-state index contributed by atoms with van der Waals surface area (Å²) in [6, 6.07) is 0.690. The minimum Gasteiger partial charge on any atom is -0.329 e. The van der Waals surface area contributed by atoms with Crippen molar-refractivity contribution >= 4 is 0 Å². The van der Waals surface area contributed by atoms with Crippen LogP contribution in [-0.4, -0.2) is 30.6 Å². The third kappa shape index (κ3) is 2.54. The van der Waals surface area contributed by atoms with Crippen LogP contribution in [-0.2, 0) is 0 Å². The van der Waals surface area contributed by atoms with Gasteiger partial charge in [-0.3, -0.25) is 4.90 Å². The lowest BCUT2D eigenvalue weighted by atomic mass is 9.76. The van der Waals surface area contributed by atoms with Crippen LogP contribution in [0.1, 0.15) is 46.0 Å². The second kappa shape index (κ2) is 4.42. The summed E-state index contributed by atoms with van der Waals surface area (Å²) in [5.74, 6) is 0.913. The first-order chi connectivity index (χ1) is 7.12. The molecule has 1 heterocycles. The lowest BCUT2D eigenvalue weighted by Crippen LogP contribution is -2.51. The molecule has 2 N–H and O–H groups in total. The first-order valence-electron chi connectivity index (χ1n) is 6.56. The van der Waals surface area contributed by atoms with Crippen molar-refractivity contribution in [1.29, 1.82) is 0 Å². The summed E-state index contributed by atoms with van der Waals surface area (Å²) in [6.45, 7) is 8.19. The van der Waals surface area contributed by atoms with Gasteiger partial charge in [0.05, 0.1) is 0 Å². The molecule has 2 heteroatoms. The molecule has 0 aromatic carbocycles. The smallest absolute Gasteiger partial charge is 0.0246 e. The number of hydrogen-bond donors (Lipinski definition) is 1. The van der Waals surface area contributed by atoms with Crippen LogP contribution in [0.3, 0.4) is 0 Å². The fraction of sp³-hybridized carbons (Fsp3) is 1.00. The normalized spacial score (nSPS) is 29.8. The topological polar surface area (TPSA) is 29.3 Å². The summed E-state index contributed by atoms with van der Waals surface area (Å²) in [5.41, 5.74) is 6.50. The highest BCUT2D eigenvalue weighted by atomic mass is 15.2. The van der Waals surface area contributed by atoms with Gasteiger partial charge in [0.15, 0.2) is 0 Å². The monoisotopic (exact) mass is 210 g/mol. The van der Waals surface area contributed by atoms with Crippen LogP contribution in [0.2, 0.25) is 0 Å². The van der Waals surface area contributed by atoms with Crippen LogP contribution >= 0.6 is 0 Å². The maximum atomic E-state index is 5.94. The highest BCUT2D eigenvalue weighted by Gasteiger charge is 2.34. The average molecular weight is 210 g/mol. The van der Waals surface area contributed by atoms with Crippen LogP contribution in [0.25, 0.3) is 0 Å². The van der Waals surface area contributed by atoms with Gasteiger partial charge in [-0.05, 0) is 50.1 Å². The van der Waals surface area contributed by atoms with E-state index in [-0.39, 0.29) is 0 Å². The predicted molar refractivity (Wildman–Crippen MR) is 64.8 cm³/mol. The Balaban J connectivity index is 1.87. The molecule has 1 saturated carbocycles. The fourth-order valence-electron chi connectivity index (χ4n) is 2.93. The van der Waals surface area contributed by atoms with Gasteiger partial charge in [-0.15, -0.1) is 0 Å². The van der Waals surface area contributed by atoms with Gasteiger partial charge in [0.2, 0.25) is 0 Å². The van der Waals surface area contributed by atoms with Crippen LogP contribution < -0.4 is 5.73 Å². The Hall–Kier alpha value is -0.0800. The van der Waals surface area contributed by atoms with Gasteiger partial charge in [0.25, 0.3) is 0 Å². The van der Waals surface area contributed by atoms with Crippen molar-refractivity contribution in [2.75, 3.05) is 19.6 Å². The molecule has 1 aliphatic heterocycles. The van der Waals surface area contributed by atoms with Crippen molar-refractivity contribution in [1.82, 2.24) is 4.90 Å². The minimum absolute atomic E-state index is 0.565. The average Bonchev–Trinajstić information content (AvgIpc) is 2.12. The first-order valence-corrected chi connectivity index (χ1v) is 6.56. The van der Waals surface area contributed by atoms with Crippen LogP contribution in [0.15, 0.2) is 0 Å². The molecule has 2 aliphatic rings. The summed E-state index contributed by atoms with van der Waals surface area (Å²) < 4.78 is 0. The van der Waals surface area contributed by atoms with Crippen LogP contribution in [0, 0.1) is 11.3 Å². The Labute approximate surface area is 94.2 Å². The Morgan fingerprint density at radius 1 is 1.27 bits per heavy atom. The number of nitrogens with two attached hydrogens (primary N) is 1. The van der Waals surface area contributed by atoms with E-state index in [1.165, 1.54) is 45.2 Å². The van der Waals surface area contributed by atoms with Crippen molar-refractivity contribution in [2.45, 2.75) is 52.0 Å². The second-order valence-corrected chi connectivity index (χ2v) is 6.19. The van der Waals surface area contributed by atoms with Crippen molar-refractivity contribution in [3.8, 4) is 0 Å². The highest BCUT2D eigenvalue weighted by molar-refractivity contribution is 4.89. The fourth-order valence-corrected chi connectivity index (χ4v) is 2.93. The molecule has 0 spiro atoms. The number of likely N-dealkylation sites (tertiary alicyclic amines) is 1.